The van der Waals surface area contributed by atoms with Crippen LogP contribution in [0.15, 0.2) is 30.3 Å². The van der Waals surface area contributed by atoms with Crippen molar-refractivity contribution in [1.82, 2.24) is 4.90 Å². The van der Waals surface area contributed by atoms with Crippen molar-refractivity contribution < 1.29 is 24.2 Å². The molecule has 2 rings (SSSR count). The van der Waals surface area contributed by atoms with Gasteiger partial charge in [0.05, 0.1) is 0 Å². The lowest BCUT2D eigenvalue weighted by Crippen LogP contribution is -2.55. The minimum Gasteiger partial charge on any atom is -0.479 e. The molecule has 6 heteroatoms. The van der Waals surface area contributed by atoms with Crippen LogP contribution in [-0.2, 0) is 9.53 Å². The molecule has 0 spiro atoms. The smallest absolute Gasteiger partial charge is 0.411 e. The van der Waals surface area contributed by atoms with E-state index in [4.69, 9.17) is 4.74 Å². The van der Waals surface area contributed by atoms with Crippen molar-refractivity contribution in [3.8, 4) is 0 Å². The molecule has 0 aliphatic carbocycles. The van der Waals surface area contributed by atoms with E-state index >= 15 is 0 Å². The van der Waals surface area contributed by atoms with Crippen molar-refractivity contribution >= 4 is 17.8 Å². The maximum absolute atomic E-state index is 12.5. The number of carbonyl (C=O) groups excluding carboxylic acids is 2. The zero-order chi connectivity index (χ0) is 18.0. The highest BCUT2D eigenvalue weighted by Crippen LogP contribution is 2.35. The van der Waals surface area contributed by atoms with Gasteiger partial charge in [0.15, 0.2) is 11.3 Å². The number of ether oxygens (including phenoxy) is 1. The quantitative estimate of drug-likeness (QED) is 0.856. The van der Waals surface area contributed by atoms with E-state index in [0.29, 0.717) is 12.0 Å². The number of carboxylic acid groups (broad SMARTS) is 1. The molecule has 1 heterocycles. The molecule has 0 bridgehead atoms. The zero-order valence-electron chi connectivity index (χ0n) is 14.2. The molecule has 1 amide bonds. The van der Waals surface area contributed by atoms with Crippen LogP contribution in [0, 0.1) is 0 Å². The zero-order valence-corrected chi connectivity index (χ0v) is 14.2. The van der Waals surface area contributed by atoms with Gasteiger partial charge in [-0.05, 0) is 33.6 Å². The van der Waals surface area contributed by atoms with Gasteiger partial charge in [0, 0.05) is 18.5 Å². The Morgan fingerprint density at radius 1 is 1.21 bits per heavy atom. The molecule has 0 aromatic heterocycles. The highest BCUT2D eigenvalue weighted by atomic mass is 16.6. The van der Waals surface area contributed by atoms with E-state index in [-0.39, 0.29) is 25.2 Å². The van der Waals surface area contributed by atoms with Gasteiger partial charge in [-0.1, -0.05) is 30.3 Å². The largest absolute Gasteiger partial charge is 0.479 e. The summed E-state index contributed by atoms with van der Waals surface area (Å²) in [6.07, 6.45) is -0.192. The van der Waals surface area contributed by atoms with Crippen molar-refractivity contribution in [3.63, 3.8) is 0 Å². The highest BCUT2D eigenvalue weighted by molar-refractivity contribution is 6.01. The van der Waals surface area contributed by atoms with Gasteiger partial charge in [-0.15, -0.1) is 0 Å². The van der Waals surface area contributed by atoms with Gasteiger partial charge in [-0.2, -0.15) is 0 Å². The highest BCUT2D eigenvalue weighted by Gasteiger charge is 2.52. The van der Waals surface area contributed by atoms with E-state index in [1.54, 1.807) is 51.1 Å². The summed E-state index contributed by atoms with van der Waals surface area (Å²) in [4.78, 5) is 38.1. The molecule has 1 atom stereocenters. The van der Waals surface area contributed by atoms with Crippen molar-refractivity contribution in [2.45, 2.75) is 51.2 Å². The van der Waals surface area contributed by atoms with Gasteiger partial charge < -0.3 is 9.84 Å². The van der Waals surface area contributed by atoms with Gasteiger partial charge >= 0.3 is 12.1 Å². The number of nitrogens with zero attached hydrogens (tertiary/aromatic N) is 1. The molecule has 0 unspecified atom stereocenters. The predicted octanol–water partition coefficient (Wildman–Crippen LogP) is 3.11. The lowest BCUT2D eigenvalue weighted by molar-refractivity contribution is -0.149. The third kappa shape index (κ3) is 3.75. The van der Waals surface area contributed by atoms with E-state index in [2.05, 4.69) is 0 Å². The molecular formula is C18H23NO5. The summed E-state index contributed by atoms with van der Waals surface area (Å²) < 4.78 is 5.33. The first-order valence-corrected chi connectivity index (χ1v) is 7.98. The van der Waals surface area contributed by atoms with Crippen LogP contribution < -0.4 is 0 Å². The van der Waals surface area contributed by atoms with E-state index in [1.165, 1.54) is 4.90 Å². The maximum atomic E-state index is 12.5. The molecular weight excluding hydrogens is 310 g/mol. The number of hydrogen-bond acceptors (Lipinski definition) is 4. The monoisotopic (exact) mass is 333 g/mol. The van der Waals surface area contributed by atoms with E-state index in [1.807, 2.05) is 0 Å². The molecule has 1 N–H and O–H groups in total. The molecule has 130 valence electrons. The summed E-state index contributed by atoms with van der Waals surface area (Å²) in [7, 11) is 0. The number of ketones is 1. The summed E-state index contributed by atoms with van der Waals surface area (Å²) >= 11 is 0. The average Bonchev–Trinajstić information content (AvgIpc) is 2.91. The summed E-state index contributed by atoms with van der Waals surface area (Å²) in [6, 6.07) is 8.52. The predicted molar refractivity (Wildman–Crippen MR) is 87.9 cm³/mol. The topological polar surface area (TPSA) is 83.9 Å². The van der Waals surface area contributed by atoms with Gasteiger partial charge in [0.2, 0.25) is 0 Å². The van der Waals surface area contributed by atoms with Crippen LogP contribution in [-0.4, -0.2) is 45.5 Å². The third-order valence-electron chi connectivity index (χ3n) is 4.05. The van der Waals surface area contributed by atoms with Crippen molar-refractivity contribution in [2.24, 2.45) is 0 Å². The van der Waals surface area contributed by atoms with Gasteiger partial charge in [0.25, 0.3) is 0 Å². The van der Waals surface area contributed by atoms with E-state index in [0.717, 1.165) is 0 Å². The fraction of sp³-hybridized carbons (Fsp3) is 0.500. The summed E-state index contributed by atoms with van der Waals surface area (Å²) in [5.74, 6) is -1.47. The summed E-state index contributed by atoms with van der Waals surface area (Å²) in [6.45, 7) is 5.43. The fourth-order valence-corrected chi connectivity index (χ4v) is 2.94. The molecule has 1 aliphatic heterocycles. The minimum atomic E-state index is -1.55. The Morgan fingerprint density at radius 2 is 1.83 bits per heavy atom. The van der Waals surface area contributed by atoms with Crippen LogP contribution in [0.4, 0.5) is 4.79 Å². The third-order valence-corrected chi connectivity index (χ3v) is 4.05. The van der Waals surface area contributed by atoms with Crippen LogP contribution in [0.3, 0.4) is 0 Å². The first-order valence-electron chi connectivity index (χ1n) is 7.98. The molecule has 1 aliphatic rings. The molecule has 0 saturated carbocycles. The number of benzene rings is 1. The lowest BCUT2D eigenvalue weighted by atomic mass is 9.88. The molecule has 24 heavy (non-hydrogen) atoms. The first kappa shape index (κ1) is 18.0. The van der Waals surface area contributed by atoms with Crippen molar-refractivity contribution in [2.75, 3.05) is 6.54 Å². The molecule has 6 nitrogen and oxygen atoms in total. The minimum absolute atomic E-state index is 0.236. The van der Waals surface area contributed by atoms with Crippen LogP contribution in [0.5, 0.6) is 0 Å². The van der Waals surface area contributed by atoms with E-state index in [9.17, 15) is 19.5 Å². The van der Waals surface area contributed by atoms with Crippen LogP contribution in [0.25, 0.3) is 0 Å². The number of aliphatic carboxylic acids is 1. The van der Waals surface area contributed by atoms with Gasteiger partial charge in [-0.25, -0.2) is 9.59 Å². The van der Waals surface area contributed by atoms with Crippen LogP contribution in [0.2, 0.25) is 0 Å². The number of likely N-dealkylation sites (tertiary alicyclic amines) is 1. The number of rotatable bonds is 4. The standard InChI is InChI=1S/C18H23NO5/c1-17(2,3)24-16(23)19-11-7-10-18(19,15(21)22)12-14(20)13-8-5-4-6-9-13/h4-6,8-9H,7,10-12H2,1-3H3,(H,21,22)/t18-/m1/s1. The van der Waals surface area contributed by atoms with Crippen LogP contribution in [0.1, 0.15) is 50.4 Å². The van der Waals surface area contributed by atoms with Gasteiger partial charge in [-0.3, -0.25) is 9.69 Å². The molecule has 1 aromatic carbocycles. The maximum Gasteiger partial charge on any atom is 0.411 e. The molecule has 1 saturated heterocycles. The molecule has 1 aromatic rings. The van der Waals surface area contributed by atoms with Crippen molar-refractivity contribution in [1.29, 1.82) is 0 Å². The van der Waals surface area contributed by atoms with Crippen molar-refractivity contribution in [3.05, 3.63) is 35.9 Å². The van der Waals surface area contributed by atoms with Crippen LogP contribution >= 0.6 is 0 Å². The Labute approximate surface area is 141 Å². The lowest BCUT2D eigenvalue weighted by Gasteiger charge is -2.35. The van der Waals surface area contributed by atoms with E-state index < -0.39 is 23.2 Å². The second-order valence-electron chi connectivity index (χ2n) is 7.04. The summed E-state index contributed by atoms with van der Waals surface area (Å²) in [5, 5.41) is 9.78. The molecule has 1 fully saturated rings. The van der Waals surface area contributed by atoms with Gasteiger partial charge in [0.1, 0.15) is 5.60 Å². The Kier molecular flexibility index (Phi) is 4.96. The number of carbonyl (C=O) groups is 3. The average molecular weight is 333 g/mol. The number of amides is 1. The molecule has 0 radical (unpaired) electrons. The Balaban J connectivity index is 2.27. The Hall–Kier alpha value is -2.37. The normalized spacial score (nSPS) is 20.7. The Morgan fingerprint density at radius 3 is 2.38 bits per heavy atom. The number of Topliss-reactive ketones (excluding diaryl/α,β-unsaturated/α-hetero) is 1. The summed E-state index contributed by atoms with van der Waals surface area (Å²) in [5.41, 5.74) is -1.84. The second-order valence-corrected chi connectivity index (χ2v) is 7.04. The SMILES string of the molecule is CC(C)(C)OC(=O)N1CCC[C@@]1(CC(=O)c1ccccc1)C(=O)O. The second kappa shape index (κ2) is 6.63. The first-order chi connectivity index (χ1) is 11.2. The Bertz CT molecular complexity index is 635. The number of hydrogen-bond donors (Lipinski definition) is 1. The fourth-order valence-electron chi connectivity index (χ4n) is 2.94. The number of carboxylic acids is 1.